The van der Waals surface area contributed by atoms with Crippen LogP contribution < -0.4 is 4.74 Å². The normalized spacial score (nSPS) is 13.7. The van der Waals surface area contributed by atoms with Gasteiger partial charge in [-0.15, -0.1) is 11.3 Å². The molecule has 0 amide bonds. The highest BCUT2D eigenvalue weighted by Gasteiger charge is 2.32. The molecule has 3 aromatic rings. The third-order valence-electron chi connectivity index (χ3n) is 4.50. The molecule has 1 aliphatic heterocycles. The lowest BCUT2D eigenvalue weighted by Gasteiger charge is -2.41. The van der Waals surface area contributed by atoms with Crippen molar-refractivity contribution in [3.8, 4) is 5.88 Å². The van der Waals surface area contributed by atoms with E-state index >= 15 is 0 Å². The van der Waals surface area contributed by atoms with E-state index in [4.69, 9.17) is 9.73 Å². The number of thioether (sulfide) groups is 1. The minimum atomic E-state index is -0.175. The van der Waals surface area contributed by atoms with Crippen molar-refractivity contribution in [1.82, 2.24) is 9.88 Å². The lowest BCUT2D eigenvalue weighted by Crippen LogP contribution is -2.47. The Morgan fingerprint density at radius 2 is 1.93 bits per heavy atom. The molecule has 1 saturated heterocycles. The summed E-state index contributed by atoms with van der Waals surface area (Å²) in [6, 6.07) is 8.77. The molecule has 0 atom stereocenters. The molecule has 1 fully saturated rings. The van der Waals surface area contributed by atoms with Gasteiger partial charge in [-0.25, -0.2) is 14.4 Å². The highest BCUT2D eigenvalue weighted by molar-refractivity contribution is 8.13. The second kappa shape index (κ2) is 11.9. The SMILES string of the molecule is CC.CC.COc1ccc(N=C(SC)N2CC(c3csc4cc(F)ccc34)C2)cn1. The Morgan fingerprint density at radius 1 is 1.20 bits per heavy atom. The molecule has 7 heteroatoms. The van der Waals surface area contributed by atoms with Crippen LogP contribution in [0.4, 0.5) is 10.1 Å². The summed E-state index contributed by atoms with van der Waals surface area (Å²) < 4.78 is 19.5. The number of likely N-dealkylation sites (tertiary alicyclic amines) is 1. The molecular weight excluding hydrogens is 417 g/mol. The Bertz CT molecular complexity index is 951. The molecule has 30 heavy (non-hydrogen) atoms. The van der Waals surface area contributed by atoms with Gasteiger partial charge in [-0.1, -0.05) is 45.5 Å². The molecule has 3 heterocycles. The maximum Gasteiger partial charge on any atom is 0.213 e. The minimum absolute atomic E-state index is 0.175. The number of rotatable bonds is 3. The van der Waals surface area contributed by atoms with E-state index in [9.17, 15) is 4.39 Å². The summed E-state index contributed by atoms with van der Waals surface area (Å²) in [5, 5.41) is 4.32. The topological polar surface area (TPSA) is 37.7 Å². The maximum atomic E-state index is 13.4. The molecule has 0 unspecified atom stereocenters. The van der Waals surface area contributed by atoms with Crippen LogP contribution in [0.15, 0.2) is 46.9 Å². The van der Waals surface area contributed by atoms with E-state index < -0.39 is 0 Å². The monoisotopic (exact) mass is 447 g/mol. The fourth-order valence-corrected chi connectivity index (χ4v) is 4.76. The van der Waals surface area contributed by atoms with Crippen molar-refractivity contribution in [3.05, 3.63) is 53.3 Å². The van der Waals surface area contributed by atoms with Crippen LogP contribution in [-0.2, 0) is 0 Å². The van der Waals surface area contributed by atoms with E-state index in [-0.39, 0.29) is 5.82 Å². The van der Waals surface area contributed by atoms with Crippen molar-refractivity contribution in [2.24, 2.45) is 4.99 Å². The smallest absolute Gasteiger partial charge is 0.213 e. The summed E-state index contributed by atoms with van der Waals surface area (Å²) in [4.78, 5) is 11.2. The summed E-state index contributed by atoms with van der Waals surface area (Å²) >= 11 is 3.25. The summed E-state index contributed by atoms with van der Waals surface area (Å²) in [6.45, 7) is 9.85. The van der Waals surface area contributed by atoms with Crippen LogP contribution in [0.25, 0.3) is 10.1 Å². The van der Waals surface area contributed by atoms with Crippen molar-refractivity contribution in [1.29, 1.82) is 0 Å². The lowest BCUT2D eigenvalue weighted by molar-refractivity contribution is 0.259. The van der Waals surface area contributed by atoms with Gasteiger partial charge in [0, 0.05) is 29.8 Å². The first-order chi connectivity index (χ1) is 14.7. The number of pyridine rings is 1. The average Bonchev–Trinajstić information content (AvgIpc) is 3.18. The Balaban J connectivity index is 0.000000757. The number of ether oxygens (including phenoxy) is 1. The van der Waals surface area contributed by atoms with Crippen molar-refractivity contribution in [2.45, 2.75) is 33.6 Å². The fourth-order valence-electron chi connectivity index (χ4n) is 3.09. The predicted octanol–water partition coefficient (Wildman–Crippen LogP) is 6.95. The van der Waals surface area contributed by atoms with Crippen LogP contribution in [0.2, 0.25) is 0 Å². The van der Waals surface area contributed by atoms with Gasteiger partial charge in [-0.3, -0.25) is 0 Å². The number of thiophene rings is 1. The van der Waals surface area contributed by atoms with Crippen LogP contribution in [0.5, 0.6) is 5.88 Å². The molecule has 4 rings (SSSR count). The summed E-state index contributed by atoms with van der Waals surface area (Å²) in [7, 11) is 1.60. The molecule has 0 spiro atoms. The Labute approximate surface area is 187 Å². The van der Waals surface area contributed by atoms with E-state index in [1.807, 2.05) is 52.1 Å². The van der Waals surface area contributed by atoms with Gasteiger partial charge in [0.1, 0.15) is 5.82 Å². The van der Waals surface area contributed by atoms with E-state index in [0.717, 1.165) is 28.6 Å². The van der Waals surface area contributed by atoms with Gasteiger partial charge in [0.2, 0.25) is 5.88 Å². The summed E-state index contributed by atoms with van der Waals surface area (Å²) in [5.41, 5.74) is 2.13. The van der Waals surface area contributed by atoms with Gasteiger partial charge in [-0.2, -0.15) is 0 Å². The molecule has 1 aliphatic rings. The Morgan fingerprint density at radius 3 is 2.53 bits per heavy atom. The van der Waals surface area contributed by atoms with E-state index in [1.165, 1.54) is 10.9 Å². The fraction of sp³-hybridized carbons (Fsp3) is 0.391. The molecule has 0 N–H and O–H groups in total. The highest BCUT2D eigenvalue weighted by atomic mass is 32.2. The largest absolute Gasteiger partial charge is 0.481 e. The van der Waals surface area contributed by atoms with Gasteiger partial charge in [0.05, 0.1) is 19.0 Å². The number of hydrogen-bond acceptors (Lipinski definition) is 5. The first-order valence-corrected chi connectivity index (χ1v) is 12.3. The van der Waals surface area contributed by atoms with Crippen molar-refractivity contribution >= 4 is 44.0 Å². The number of amidine groups is 1. The number of fused-ring (bicyclic) bond motifs is 1. The molecular formula is C23H30FN3OS2. The molecule has 0 saturated carbocycles. The van der Waals surface area contributed by atoms with Gasteiger partial charge in [0.15, 0.2) is 5.17 Å². The number of methoxy groups -OCH3 is 1. The molecule has 0 aliphatic carbocycles. The zero-order valence-electron chi connectivity index (χ0n) is 18.5. The van der Waals surface area contributed by atoms with Crippen LogP contribution in [0, 0.1) is 5.82 Å². The quantitative estimate of drug-likeness (QED) is 0.322. The number of nitrogens with zero attached hydrogens (tertiary/aromatic N) is 3. The van der Waals surface area contributed by atoms with E-state index in [1.54, 1.807) is 48.5 Å². The molecule has 1 aromatic carbocycles. The van der Waals surface area contributed by atoms with Crippen molar-refractivity contribution in [3.63, 3.8) is 0 Å². The standard InChI is InChI=1S/C19H18FN3OS2.2C2H6/c1-24-18-6-4-14(8-21-18)22-19(25-2)23-9-12(10-23)16-11-26-17-7-13(20)3-5-15(16)17;2*1-2/h3-8,11-12H,9-10H2,1-2H3;2*1-2H3. The predicted molar refractivity (Wildman–Crippen MR) is 130 cm³/mol. The van der Waals surface area contributed by atoms with Crippen LogP contribution in [0.3, 0.4) is 0 Å². The van der Waals surface area contributed by atoms with Gasteiger partial charge in [-0.05, 0) is 40.8 Å². The highest BCUT2D eigenvalue weighted by Crippen LogP contribution is 2.37. The third kappa shape index (κ3) is 5.52. The lowest BCUT2D eigenvalue weighted by atomic mass is 9.92. The average molecular weight is 448 g/mol. The summed E-state index contributed by atoms with van der Waals surface area (Å²) in [5.74, 6) is 0.867. The van der Waals surface area contributed by atoms with Crippen LogP contribution in [0.1, 0.15) is 39.2 Å². The third-order valence-corrected chi connectivity index (χ3v) is 6.17. The zero-order valence-corrected chi connectivity index (χ0v) is 20.1. The molecule has 4 nitrogen and oxygen atoms in total. The van der Waals surface area contributed by atoms with E-state index in [2.05, 4.69) is 15.3 Å². The van der Waals surface area contributed by atoms with Crippen LogP contribution >= 0.6 is 23.1 Å². The first-order valence-electron chi connectivity index (χ1n) is 10.2. The number of hydrogen-bond donors (Lipinski definition) is 0. The maximum absolute atomic E-state index is 13.4. The molecule has 0 bridgehead atoms. The van der Waals surface area contributed by atoms with Crippen LogP contribution in [-0.4, -0.2) is 41.5 Å². The Kier molecular flexibility index (Phi) is 9.59. The van der Waals surface area contributed by atoms with Crippen molar-refractivity contribution in [2.75, 3.05) is 26.5 Å². The molecule has 0 radical (unpaired) electrons. The number of aromatic nitrogens is 1. The second-order valence-corrected chi connectivity index (χ2v) is 7.78. The Hall–Kier alpha value is -2.12. The summed E-state index contributed by atoms with van der Waals surface area (Å²) in [6.07, 6.45) is 3.75. The van der Waals surface area contributed by atoms with Crippen molar-refractivity contribution < 1.29 is 9.13 Å². The second-order valence-electron chi connectivity index (χ2n) is 6.09. The van der Waals surface area contributed by atoms with E-state index in [0.29, 0.717) is 11.8 Å². The first kappa shape index (κ1) is 24.2. The number of halogens is 1. The molecule has 2 aromatic heterocycles. The molecule has 162 valence electrons. The van der Waals surface area contributed by atoms with Gasteiger partial charge < -0.3 is 9.64 Å². The zero-order chi connectivity index (χ0) is 22.1. The number of benzene rings is 1. The number of aliphatic imine (C=N–C) groups is 1. The van der Waals surface area contributed by atoms with Gasteiger partial charge >= 0.3 is 0 Å². The minimum Gasteiger partial charge on any atom is -0.481 e. The van der Waals surface area contributed by atoms with Gasteiger partial charge in [0.25, 0.3) is 0 Å².